The lowest BCUT2D eigenvalue weighted by Gasteiger charge is -2.01. The molecule has 0 spiro atoms. The molecule has 0 heterocycles. The zero-order valence-electron chi connectivity index (χ0n) is 13.5. The largest absolute Gasteiger partial charge is 0.377 e. The predicted molar refractivity (Wildman–Crippen MR) is 91.0 cm³/mol. The second kappa shape index (κ2) is 17.9. The standard InChI is InChI=1S/C16H34N4/c1-3-17-15-19-13-11-9-7-5-6-8-10-12-14-20-16-18-4-2/h15-16H,3-14H2,1-2H3,(H,17,19)(H,18,20). The van der Waals surface area contributed by atoms with E-state index < -0.39 is 0 Å². The van der Waals surface area contributed by atoms with Gasteiger partial charge in [0, 0.05) is 26.2 Å². The first-order valence-electron chi connectivity index (χ1n) is 8.35. The number of aliphatic imine (C=N–C) groups is 2. The van der Waals surface area contributed by atoms with Crippen molar-refractivity contribution in [2.75, 3.05) is 26.2 Å². The predicted octanol–water partition coefficient (Wildman–Crippen LogP) is 3.38. The highest BCUT2D eigenvalue weighted by molar-refractivity contribution is 5.54. The van der Waals surface area contributed by atoms with Gasteiger partial charge in [0.05, 0.1) is 12.7 Å². The van der Waals surface area contributed by atoms with Crippen LogP contribution in [0.5, 0.6) is 0 Å². The second-order valence-electron chi connectivity index (χ2n) is 5.01. The first-order valence-corrected chi connectivity index (χ1v) is 8.35. The molecule has 0 amide bonds. The van der Waals surface area contributed by atoms with E-state index in [1.54, 1.807) is 0 Å². The first-order chi connectivity index (χ1) is 9.91. The molecule has 118 valence electrons. The highest BCUT2D eigenvalue weighted by Crippen LogP contribution is 2.08. The van der Waals surface area contributed by atoms with Gasteiger partial charge in [-0.05, 0) is 26.7 Å². The first kappa shape index (κ1) is 18.9. The average Bonchev–Trinajstić information content (AvgIpc) is 2.47. The van der Waals surface area contributed by atoms with Crippen molar-refractivity contribution in [2.45, 2.75) is 65.2 Å². The Hall–Kier alpha value is -1.06. The number of hydrogen-bond acceptors (Lipinski definition) is 2. The molecule has 0 unspecified atom stereocenters. The summed E-state index contributed by atoms with van der Waals surface area (Å²) >= 11 is 0. The number of hydrogen-bond donors (Lipinski definition) is 2. The highest BCUT2D eigenvalue weighted by Gasteiger charge is 1.91. The summed E-state index contributed by atoms with van der Waals surface area (Å²) in [5.41, 5.74) is 0. The minimum absolute atomic E-state index is 0.962. The molecule has 0 aromatic rings. The molecule has 0 radical (unpaired) electrons. The SMILES string of the molecule is CCNC=NCCCCCCCCCCN=CNCC. The van der Waals surface area contributed by atoms with Crippen molar-refractivity contribution in [3.8, 4) is 0 Å². The topological polar surface area (TPSA) is 48.8 Å². The number of unbranched alkanes of at least 4 members (excludes halogenated alkanes) is 7. The van der Waals surface area contributed by atoms with Gasteiger partial charge in [0.1, 0.15) is 0 Å². The third-order valence-corrected chi connectivity index (χ3v) is 3.10. The van der Waals surface area contributed by atoms with Crippen molar-refractivity contribution in [1.82, 2.24) is 10.6 Å². The van der Waals surface area contributed by atoms with E-state index in [2.05, 4.69) is 34.5 Å². The van der Waals surface area contributed by atoms with E-state index in [1.165, 1.54) is 51.4 Å². The molecule has 0 atom stereocenters. The van der Waals surface area contributed by atoms with E-state index in [0.717, 1.165) is 26.2 Å². The van der Waals surface area contributed by atoms with Crippen molar-refractivity contribution in [3.63, 3.8) is 0 Å². The van der Waals surface area contributed by atoms with Crippen molar-refractivity contribution in [2.24, 2.45) is 9.98 Å². The Morgan fingerprint density at radius 3 is 1.30 bits per heavy atom. The molecule has 0 aromatic carbocycles. The maximum atomic E-state index is 4.30. The van der Waals surface area contributed by atoms with Crippen LogP contribution in [0.2, 0.25) is 0 Å². The third kappa shape index (κ3) is 16.9. The molecule has 0 bridgehead atoms. The molecule has 0 aliphatic heterocycles. The molecule has 4 heteroatoms. The Morgan fingerprint density at radius 2 is 0.950 bits per heavy atom. The molecule has 0 aliphatic rings. The summed E-state index contributed by atoms with van der Waals surface area (Å²) in [6.07, 6.45) is 14.2. The van der Waals surface area contributed by atoms with Crippen LogP contribution in [0.3, 0.4) is 0 Å². The smallest absolute Gasteiger partial charge is 0.0823 e. The Balaban J connectivity index is 3.02. The van der Waals surface area contributed by atoms with E-state index in [-0.39, 0.29) is 0 Å². The molecule has 2 N–H and O–H groups in total. The zero-order chi connectivity index (χ0) is 14.7. The van der Waals surface area contributed by atoms with Gasteiger partial charge >= 0.3 is 0 Å². The lowest BCUT2D eigenvalue weighted by molar-refractivity contribution is 0.572. The molecule has 0 aromatic heterocycles. The van der Waals surface area contributed by atoms with Crippen molar-refractivity contribution in [3.05, 3.63) is 0 Å². The van der Waals surface area contributed by atoms with Crippen molar-refractivity contribution < 1.29 is 0 Å². The van der Waals surface area contributed by atoms with Gasteiger partial charge in [-0.3, -0.25) is 9.98 Å². The molecule has 0 saturated carbocycles. The lowest BCUT2D eigenvalue weighted by Crippen LogP contribution is -2.09. The van der Waals surface area contributed by atoms with E-state index >= 15 is 0 Å². The van der Waals surface area contributed by atoms with Gasteiger partial charge in [-0.15, -0.1) is 0 Å². The van der Waals surface area contributed by atoms with Crippen molar-refractivity contribution >= 4 is 12.7 Å². The summed E-state index contributed by atoms with van der Waals surface area (Å²) in [4.78, 5) is 8.59. The van der Waals surface area contributed by atoms with E-state index in [9.17, 15) is 0 Å². The Kier molecular flexibility index (Phi) is 17.0. The van der Waals surface area contributed by atoms with Crippen LogP contribution in [0.15, 0.2) is 9.98 Å². The monoisotopic (exact) mass is 282 g/mol. The zero-order valence-corrected chi connectivity index (χ0v) is 13.5. The Labute approximate surface area is 125 Å². The fourth-order valence-electron chi connectivity index (χ4n) is 1.91. The van der Waals surface area contributed by atoms with Crippen LogP contribution in [0.25, 0.3) is 0 Å². The number of nitrogens with zero attached hydrogens (tertiary/aromatic N) is 2. The van der Waals surface area contributed by atoms with Gasteiger partial charge in [-0.1, -0.05) is 38.5 Å². The fraction of sp³-hybridized carbons (Fsp3) is 0.875. The maximum Gasteiger partial charge on any atom is 0.0823 e. The van der Waals surface area contributed by atoms with Crippen LogP contribution in [-0.2, 0) is 0 Å². The Morgan fingerprint density at radius 1 is 0.600 bits per heavy atom. The minimum Gasteiger partial charge on any atom is -0.377 e. The van der Waals surface area contributed by atoms with Crippen LogP contribution in [0, 0.1) is 0 Å². The van der Waals surface area contributed by atoms with Crippen LogP contribution in [0.1, 0.15) is 65.2 Å². The van der Waals surface area contributed by atoms with E-state index in [4.69, 9.17) is 0 Å². The van der Waals surface area contributed by atoms with Crippen molar-refractivity contribution in [1.29, 1.82) is 0 Å². The number of nitrogens with one attached hydrogen (secondary N) is 2. The summed E-state index contributed by atoms with van der Waals surface area (Å²) in [5.74, 6) is 0. The van der Waals surface area contributed by atoms with E-state index in [0.29, 0.717) is 0 Å². The summed E-state index contributed by atoms with van der Waals surface area (Å²) in [5, 5.41) is 6.18. The molecular formula is C16H34N4. The molecular weight excluding hydrogens is 248 g/mol. The Bertz CT molecular complexity index is 203. The van der Waals surface area contributed by atoms with Gasteiger partial charge in [0.2, 0.25) is 0 Å². The van der Waals surface area contributed by atoms with Gasteiger partial charge in [-0.2, -0.15) is 0 Å². The summed E-state index contributed by atoms with van der Waals surface area (Å²) in [6, 6.07) is 0. The second-order valence-corrected chi connectivity index (χ2v) is 5.01. The van der Waals surface area contributed by atoms with Crippen LogP contribution in [0.4, 0.5) is 0 Å². The van der Waals surface area contributed by atoms with Gasteiger partial charge in [0.15, 0.2) is 0 Å². The van der Waals surface area contributed by atoms with Gasteiger partial charge in [0.25, 0.3) is 0 Å². The molecule has 0 aliphatic carbocycles. The summed E-state index contributed by atoms with van der Waals surface area (Å²) < 4.78 is 0. The van der Waals surface area contributed by atoms with Gasteiger partial charge in [-0.25, -0.2) is 0 Å². The normalized spacial score (nSPS) is 11.5. The van der Waals surface area contributed by atoms with Crippen LogP contribution < -0.4 is 10.6 Å². The lowest BCUT2D eigenvalue weighted by atomic mass is 10.1. The third-order valence-electron chi connectivity index (χ3n) is 3.10. The minimum atomic E-state index is 0.962. The molecule has 0 fully saturated rings. The fourth-order valence-corrected chi connectivity index (χ4v) is 1.91. The molecule has 0 saturated heterocycles. The number of rotatable bonds is 15. The molecule has 0 rings (SSSR count). The van der Waals surface area contributed by atoms with E-state index in [1.807, 2.05) is 12.7 Å². The summed E-state index contributed by atoms with van der Waals surface area (Å²) in [7, 11) is 0. The van der Waals surface area contributed by atoms with Gasteiger partial charge < -0.3 is 10.6 Å². The quantitative estimate of drug-likeness (QED) is 0.275. The molecule has 4 nitrogen and oxygen atoms in total. The average molecular weight is 282 g/mol. The summed E-state index contributed by atoms with van der Waals surface area (Å²) in [6.45, 7) is 8.03. The molecule has 20 heavy (non-hydrogen) atoms. The van der Waals surface area contributed by atoms with Crippen LogP contribution in [-0.4, -0.2) is 38.9 Å². The maximum absolute atomic E-state index is 4.30. The highest BCUT2D eigenvalue weighted by atomic mass is 14.9. The van der Waals surface area contributed by atoms with Crippen LogP contribution >= 0.6 is 0 Å².